The van der Waals surface area contributed by atoms with Gasteiger partial charge < -0.3 is 20.3 Å². The smallest absolute Gasteiger partial charge is 0.270 e. The first-order valence-corrected chi connectivity index (χ1v) is 11.4. The van der Waals surface area contributed by atoms with Gasteiger partial charge in [-0.05, 0) is 69.3 Å². The standard InChI is InChI=1S/C25H31FN4O2/c1-2-24(30-15-11-22(12-16-30)32-21-6-4-19(26)5-7-21)18-3-8-23(28-17-18)25(31)29-20-9-13-27-14-10-20/h2-8,17,20,22,27H,9-16H2,1H3,(H,29,31). The molecule has 32 heavy (non-hydrogen) atoms. The Morgan fingerprint density at radius 1 is 1.12 bits per heavy atom. The van der Waals surface area contributed by atoms with Gasteiger partial charge >= 0.3 is 0 Å². The van der Waals surface area contributed by atoms with Gasteiger partial charge in [-0.2, -0.15) is 0 Å². The molecule has 2 aliphatic rings. The molecule has 0 aliphatic carbocycles. The zero-order chi connectivity index (χ0) is 22.3. The van der Waals surface area contributed by atoms with Gasteiger partial charge in [0.05, 0.1) is 0 Å². The fourth-order valence-electron chi connectivity index (χ4n) is 4.36. The number of nitrogens with zero attached hydrogens (tertiary/aromatic N) is 2. The first kappa shape index (κ1) is 22.3. The van der Waals surface area contributed by atoms with E-state index in [2.05, 4.69) is 26.6 Å². The predicted octanol–water partition coefficient (Wildman–Crippen LogP) is 3.61. The summed E-state index contributed by atoms with van der Waals surface area (Å²) < 4.78 is 19.1. The number of piperidine rings is 2. The molecule has 7 heteroatoms. The first-order valence-electron chi connectivity index (χ1n) is 11.4. The van der Waals surface area contributed by atoms with Crippen molar-refractivity contribution in [3.8, 4) is 5.75 Å². The Hall–Kier alpha value is -2.93. The third-order valence-electron chi connectivity index (χ3n) is 6.14. The molecule has 1 aromatic heterocycles. The molecule has 0 unspecified atom stereocenters. The van der Waals surface area contributed by atoms with Gasteiger partial charge in [-0.3, -0.25) is 9.78 Å². The third kappa shape index (κ3) is 5.65. The van der Waals surface area contributed by atoms with Gasteiger partial charge in [0.2, 0.25) is 0 Å². The number of benzene rings is 1. The number of carbonyl (C=O) groups excluding carboxylic acids is 1. The average molecular weight is 439 g/mol. The number of ether oxygens (including phenoxy) is 1. The molecule has 1 amide bonds. The van der Waals surface area contributed by atoms with Gasteiger partial charge in [0.25, 0.3) is 5.91 Å². The van der Waals surface area contributed by atoms with E-state index >= 15 is 0 Å². The normalized spacial score (nSPS) is 18.4. The maximum absolute atomic E-state index is 13.1. The number of pyridine rings is 1. The van der Waals surface area contributed by atoms with E-state index in [4.69, 9.17) is 4.74 Å². The molecule has 6 nitrogen and oxygen atoms in total. The molecule has 0 saturated carbocycles. The summed E-state index contributed by atoms with van der Waals surface area (Å²) in [5.74, 6) is 0.344. The van der Waals surface area contributed by atoms with Crippen LogP contribution >= 0.6 is 0 Å². The van der Waals surface area contributed by atoms with E-state index in [1.54, 1.807) is 24.4 Å². The van der Waals surface area contributed by atoms with Crippen molar-refractivity contribution in [2.45, 2.75) is 44.8 Å². The fourth-order valence-corrected chi connectivity index (χ4v) is 4.36. The molecule has 3 heterocycles. The zero-order valence-corrected chi connectivity index (χ0v) is 18.5. The molecule has 0 atom stereocenters. The van der Waals surface area contributed by atoms with Gasteiger partial charge in [-0.25, -0.2) is 4.39 Å². The molecule has 2 N–H and O–H groups in total. The summed E-state index contributed by atoms with van der Waals surface area (Å²) in [6, 6.07) is 10.2. The molecule has 0 radical (unpaired) electrons. The highest BCUT2D eigenvalue weighted by Crippen LogP contribution is 2.26. The van der Waals surface area contributed by atoms with Crippen LogP contribution in [0.5, 0.6) is 5.75 Å². The second kappa shape index (κ2) is 10.6. The van der Waals surface area contributed by atoms with E-state index in [9.17, 15) is 9.18 Å². The molecule has 2 aliphatic heterocycles. The van der Waals surface area contributed by atoms with E-state index in [-0.39, 0.29) is 23.9 Å². The number of allylic oxidation sites excluding steroid dienone is 1. The molecule has 4 rings (SSSR count). The number of likely N-dealkylation sites (tertiary alicyclic amines) is 1. The van der Waals surface area contributed by atoms with Crippen LogP contribution in [-0.4, -0.2) is 54.1 Å². The minimum Gasteiger partial charge on any atom is -0.490 e. The van der Waals surface area contributed by atoms with E-state index in [1.165, 1.54) is 12.1 Å². The van der Waals surface area contributed by atoms with Crippen molar-refractivity contribution in [3.63, 3.8) is 0 Å². The summed E-state index contributed by atoms with van der Waals surface area (Å²) in [5, 5.41) is 6.39. The molecule has 0 spiro atoms. The molecule has 1 aromatic carbocycles. The summed E-state index contributed by atoms with van der Waals surface area (Å²) in [4.78, 5) is 19.3. The van der Waals surface area contributed by atoms with Crippen molar-refractivity contribution >= 4 is 11.6 Å². The van der Waals surface area contributed by atoms with Crippen LogP contribution in [0.3, 0.4) is 0 Å². The number of hydrogen-bond acceptors (Lipinski definition) is 5. The molecule has 0 bridgehead atoms. The molecule has 2 saturated heterocycles. The zero-order valence-electron chi connectivity index (χ0n) is 18.5. The van der Waals surface area contributed by atoms with Crippen LogP contribution in [0.4, 0.5) is 4.39 Å². The monoisotopic (exact) mass is 438 g/mol. The number of nitrogens with one attached hydrogen (secondary N) is 2. The second-order valence-electron chi connectivity index (χ2n) is 8.36. The topological polar surface area (TPSA) is 66.5 Å². The second-order valence-corrected chi connectivity index (χ2v) is 8.36. The van der Waals surface area contributed by atoms with Gasteiger partial charge in [0.15, 0.2) is 0 Å². The van der Waals surface area contributed by atoms with Crippen molar-refractivity contribution in [3.05, 3.63) is 65.7 Å². The largest absolute Gasteiger partial charge is 0.490 e. The number of amides is 1. The lowest BCUT2D eigenvalue weighted by Crippen LogP contribution is -2.42. The summed E-state index contributed by atoms with van der Waals surface area (Å²) in [6.45, 7) is 5.63. The number of carbonyl (C=O) groups is 1. The maximum atomic E-state index is 13.1. The highest BCUT2D eigenvalue weighted by atomic mass is 19.1. The Kier molecular flexibility index (Phi) is 7.37. The Morgan fingerprint density at radius 3 is 2.47 bits per heavy atom. The molecular weight excluding hydrogens is 407 g/mol. The Labute approximate surface area is 188 Å². The van der Waals surface area contributed by atoms with E-state index in [0.29, 0.717) is 11.4 Å². The number of hydrogen-bond donors (Lipinski definition) is 2. The quantitative estimate of drug-likeness (QED) is 0.721. The molecular formula is C25H31FN4O2. The number of halogens is 1. The Morgan fingerprint density at radius 2 is 1.84 bits per heavy atom. The van der Waals surface area contributed by atoms with E-state index in [0.717, 1.165) is 63.1 Å². The minimum absolute atomic E-state index is 0.107. The summed E-state index contributed by atoms with van der Waals surface area (Å²) in [6.07, 6.45) is 7.67. The molecule has 170 valence electrons. The number of rotatable bonds is 6. The van der Waals surface area contributed by atoms with E-state index < -0.39 is 0 Å². The lowest BCUT2D eigenvalue weighted by Gasteiger charge is -2.35. The van der Waals surface area contributed by atoms with Crippen molar-refractivity contribution in [1.82, 2.24) is 20.5 Å². The number of aromatic nitrogens is 1. The summed E-state index contributed by atoms with van der Waals surface area (Å²) >= 11 is 0. The van der Waals surface area contributed by atoms with Crippen LogP contribution in [0.15, 0.2) is 48.7 Å². The van der Waals surface area contributed by atoms with Crippen LogP contribution in [0.2, 0.25) is 0 Å². The lowest BCUT2D eigenvalue weighted by molar-refractivity contribution is 0.0924. The highest BCUT2D eigenvalue weighted by Gasteiger charge is 2.23. The van der Waals surface area contributed by atoms with Crippen LogP contribution in [0, 0.1) is 5.82 Å². The summed E-state index contributed by atoms with van der Waals surface area (Å²) in [5.41, 5.74) is 2.57. The molecule has 2 aromatic rings. The van der Waals surface area contributed by atoms with Crippen LogP contribution in [0.25, 0.3) is 5.70 Å². The first-order chi connectivity index (χ1) is 15.6. The Bertz CT molecular complexity index is 916. The van der Waals surface area contributed by atoms with Crippen molar-refractivity contribution in [2.24, 2.45) is 0 Å². The van der Waals surface area contributed by atoms with Crippen LogP contribution in [0.1, 0.15) is 48.7 Å². The van der Waals surface area contributed by atoms with E-state index in [1.807, 2.05) is 13.0 Å². The Balaban J connectivity index is 1.31. The lowest BCUT2D eigenvalue weighted by atomic mass is 10.0. The van der Waals surface area contributed by atoms with Gasteiger partial charge in [0.1, 0.15) is 23.4 Å². The summed E-state index contributed by atoms with van der Waals surface area (Å²) in [7, 11) is 0. The van der Waals surface area contributed by atoms with Gasteiger partial charge in [-0.1, -0.05) is 6.08 Å². The van der Waals surface area contributed by atoms with Crippen molar-refractivity contribution < 1.29 is 13.9 Å². The van der Waals surface area contributed by atoms with Crippen molar-refractivity contribution in [1.29, 1.82) is 0 Å². The van der Waals surface area contributed by atoms with Gasteiger partial charge in [0, 0.05) is 49.4 Å². The van der Waals surface area contributed by atoms with Gasteiger partial charge in [-0.15, -0.1) is 0 Å². The minimum atomic E-state index is -0.256. The predicted molar refractivity (Wildman–Crippen MR) is 123 cm³/mol. The third-order valence-corrected chi connectivity index (χ3v) is 6.14. The SMILES string of the molecule is CC=C(c1ccc(C(=O)NC2CCNCC2)nc1)N1CCC(Oc2ccc(F)cc2)CC1. The highest BCUT2D eigenvalue weighted by molar-refractivity contribution is 5.92. The maximum Gasteiger partial charge on any atom is 0.270 e. The van der Waals surface area contributed by atoms with Crippen LogP contribution < -0.4 is 15.4 Å². The van der Waals surface area contributed by atoms with Crippen LogP contribution in [-0.2, 0) is 0 Å². The fraction of sp³-hybridized carbons (Fsp3) is 0.440. The molecule has 2 fully saturated rings. The van der Waals surface area contributed by atoms with Crippen molar-refractivity contribution in [2.75, 3.05) is 26.2 Å². The average Bonchev–Trinajstić information content (AvgIpc) is 2.83.